The summed E-state index contributed by atoms with van der Waals surface area (Å²) in [5.74, 6) is 0. The molecule has 0 N–H and O–H groups in total. The number of carbonyl (C=O) groups is 1. The molecule has 0 fully saturated rings. The third kappa shape index (κ3) is 1.10. The van der Waals surface area contributed by atoms with E-state index in [4.69, 9.17) is 11.6 Å². The molecule has 0 aromatic carbocycles. The van der Waals surface area contributed by atoms with Gasteiger partial charge >= 0.3 is 0 Å². The molecule has 9 heavy (non-hydrogen) atoms. The van der Waals surface area contributed by atoms with Gasteiger partial charge in [-0.1, -0.05) is 11.6 Å². The van der Waals surface area contributed by atoms with Crippen molar-refractivity contribution in [1.29, 1.82) is 0 Å². The minimum absolute atomic E-state index is 0.363. The fourth-order valence-electron chi connectivity index (χ4n) is 0.523. The average Bonchev–Trinajstić information content (AvgIpc) is 2.13. The molecule has 0 atom stereocenters. The summed E-state index contributed by atoms with van der Waals surface area (Å²) in [5.41, 5.74) is 0.363. The van der Waals surface area contributed by atoms with Crippen molar-refractivity contribution in [3.05, 3.63) is 16.9 Å². The summed E-state index contributed by atoms with van der Waals surface area (Å²) in [6, 6.07) is 1.51. The number of carbonyl (C=O) groups excluding carboxylic acids is 1. The first kappa shape index (κ1) is 6.29. The highest BCUT2D eigenvalue weighted by Crippen LogP contribution is 2.06. The molecule has 1 rings (SSSR count). The van der Waals surface area contributed by atoms with Crippen LogP contribution in [0, 0.1) is 0 Å². The van der Waals surface area contributed by atoms with E-state index < -0.39 is 0 Å². The number of aromatic nitrogens is 2. The van der Waals surface area contributed by atoms with Crippen LogP contribution < -0.4 is 0 Å². The summed E-state index contributed by atoms with van der Waals surface area (Å²) < 4.78 is 1.44. The van der Waals surface area contributed by atoms with Gasteiger partial charge in [0.2, 0.25) is 0 Å². The van der Waals surface area contributed by atoms with Gasteiger partial charge in [-0.05, 0) is 0 Å². The average molecular weight is 145 g/mol. The van der Waals surface area contributed by atoms with Crippen molar-refractivity contribution in [1.82, 2.24) is 9.78 Å². The fraction of sp³-hybridized carbons (Fsp3) is 0.200. The quantitative estimate of drug-likeness (QED) is 0.549. The van der Waals surface area contributed by atoms with Crippen molar-refractivity contribution in [2.45, 2.75) is 0 Å². The second-order valence-electron chi connectivity index (χ2n) is 1.63. The summed E-state index contributed by atoms with van der Waals surface area (Å²) in [7, 11) is 1.68. The smallest absolute Gasteiger partial charge is 0.170 e. The molecule has 0 saturated carbocycles. The third-order valence-electron chi connectivity index (χ3n) is 0.962. The zero-order chi connectivity index (χ0) is 6.85. The molecule has 1 aromatic rings. The summed E-state index contributed by atoms with van der Waals surface area (Å²) in [5, 5.41) is 4.21. The van der Waals surface area contributed by atoms with Crippen molar-refractivity contribution < 1.29 is 4.79 Å². The Labute approximate surface area is 57.2 Å². The van der Waals surface area contributed by atoms with Crippen LogP contribution in [0.2, 0.25) is 5.15 Å². The lowest BCUT2D eigenvalue weighted by molar-refractivity contribution is 0.111. The van der Waals surface area contributed by atoms with Gasteiger partial charge in [0.1, 0.15) is 10.8 Å². The van der Waals surface area contributed by atoms with E-state index in [-0.39, 0.29) is 0 Å². The van der Waals surface area contributed by atoms with E-state index in [0.717, 1.165) is 0 Å². The topological polar surface area (TPSA) is 34.9 Å². The van der Waals surface area contributed by atoms with E-state index in [1.54, 1.807) is 7.05 Å². The molecule has 0 bridgehead atoms. The maximum Gasteiger partial charge on any atom is 0.170 e. The first-order valence-corrected chi connectivity index (χ1v) is 2.76. The van der Waals surface area contributed by atoms with Crippen LogP contribution in [0.25, 0.3) is 0 Å². The Kier molecular flexibility index (Phi) is 1.53. The Morgan fingerprint density at radius 1 is 1.89 bits per heavy atom. The number of nitrogens with zero attached hydrogens (tertiary/aromatic N) is 2. The Morgan fingerprint density at radius 2 is 2.56 bits per heavy atom. The number of aryl methyl sites for hydroxylation is 1. The lowest BCUT2D eigenvalue weighted by Crippen LogP contribution is -1.90. The first-order chi connectivity index (χ1) is 4.24. The number of hydrogen-bond acceptors (Lipinski definition) is 2. The van der Waals surface area contributed by atoms with Crippen molar-refractivity contribution in [2.24, 2.45) is 7.05 Å². The maximum atomic E-state index is 10.0. The Hall–Kier alpha value is -0.830. The molecule has 0 aliphatic heterocycles. The SMILES string of the molecule is Cn1nc(C=O)cc1Cl. The van der Waals surface area contributed by atoms with Gasteiger partial charge in [0.15, 0.2) is 6.29 Å². The number of halogens is 1. The summed E-state index contributed by atoms with van der Waals surface area (Å²) in [6.45, 7) is 0. The number of aldehydes is 1. The second-order valence-corrected chi connectivity index (χ2v) is 2.02. The van der Waals surface area contributed by atoms with E-state index in [0.29, 0.717) is 17.1 Å². The van der Waals surface area contributed by atoms with Gasteiger partial charge < -0.3 is 0 Å². The van der Waals surface area contributed by atoms with Gasteiger partial charge in [-0.15, -0.1) is 0 Å². The molecule has 0 unspecified atom stereocenters. The molecule has 0 radical (unpaired) electrons. The molecule has 0 aliphatic rings. The molecular formula is C5H5ClN2O. The van der Waals surface area contributed by atoms with Crippen molar-refractivity contribution >= 4 is 17.9 Å². The standard InChI is InChI=1S/C5H5ClN2O/c1-8-5(6)2-4(3-9)7-8/h2-3H,1H3. The highest BCUT2D eigenvalue weighted by Gasteiger charge is 1.98. The second kappa shape index (κ2) is 2.19. The highest BCUT2D eigenvalue weighted by molar-refractivity contribution is 6.29. The molecule has 48 valence electrons. The van der Waals surface area contributed by atoms with Crippen LogP contribution in [0.15, 0.2) is 6.07 Å². The van der Waals surface area contributed by atoms with E-state index in [9.17, 15) is 4.79 Å². The highest BCUT2D eigenvalue weighted by atomic mass is 35.5. The van der Waals surface area contributed by atoms with Crippen molar-refractivity contribution in [3.63, 3.8) is 0 Å². The van der Waals surface area contributed by atoms with Gasteiger partial charge in [0, 0.05) is 13.1 Å². The molecular weight excluding hydrogens is 140 g/mol. The van der Waals surface area contributed by atoms with Gasteiger partial charge in [-0.3, -0.25) is 9.48 Å². The molecule has 0 aliphatic carbocycles. The predicted octanol–water partition coefficient (Wildman–Crippen LogP) is 0.886. The Balaban J connectivity index is 3.11. The van der Waals surface area contributed by atoms with E-state index in [2.05, 4.69) is 5.10 Å². The fourth-order valence-corrected chi connectivity index (χ4v) is 0.672. The zero-order valence-corrected chi connectivity index (χ0v) is 5.59. The number of hydrogen-bond donors (Lipinski definition) is 0. The van der Waals surface area contributed by atoms with Gasteiger partial charge in [-0.2, -0.15) is 5.10 Å². The minimum Gasteiger partial charge on any atom is -0.296 e. The molecule has 4 heteroatoms. The monoisotopic (exact) mass is 144 g/mol. The van der Waals surface area contributed by atoms with Crippen LogP contribution in [-0.2, 0) is 7.05 Å². The van der Waals surface area contributed by atoms with Crippen LogP contribution in [0.4, 0.5) is 0 Å². The Bertz CT molecular complexity index is 211. The summed E-state index contributed by atoms with van der Waals surface area (Å²) >= 11 is 5.55. The lowest BCUT2D eigenvalue weighted by atomic mass is 10.5. The lowest BCUT2D eigenvalue weighted by Gasteiger charge is -1.85. The van der Waals surface area contributed by atoms with Crippen LogP contribution in [0.1, 0.15) is 10.5 Å². The molecule has 1 heterocycles. The normalized spacial score (nSPS) is 9.56. The minimum atomic E-state index is 0.363. The largest absolute Gasteiger partial charge is 0.296 e. The van der Waals surface area contributed by atoms with Crippen molar-refractivity contribution in [2.75, 3.05) is 0 Å². The molecule has 0 saturated heterocycles. The van der Waals surface area contributed by atoms with Gasteiger partial charge in [0.25, 0.3) is 0 Å². The third-order valence-corrected chi connectivity index (χ3v) is 1.32. The molecule has 0 amide bonds. The predicted molar refractivity (Wildman–Crippen MR) is 33.6 cm³/mol. The first-order valence-electron chi connectivity index (χ1n) is 2.39. The maximum absolute atomic E-state index is 10.0. The van der Waals surface area contributed by atoms with Crippen LogP contribution >= 0.6 is 11.6 Å². The van der Waals surface area contributed by atoms with E-state index in [1.807, 2.05) is 0 Å². The molecule has 0 spiro atoms. The molecule has 3 nitrogen and oxygen atoms in total. The van der Waals surface area contributed by atoms with Crippen LogP contribution in [0.3, 0.4) is 0 Å². The summed E-state index contributed by atoms with van der Waals surface area (Å²) in [6.07, 6.45) is 0.659. The van der Waals surface area contributed by atoms with Crippen LogP contribution in [0.5, 0.6) is 0 Å². The Morgan fingerprint density at radius 3 is 2.78 bits per heavy atom. The zero-order valence-electron chi connectivity index (χ0n) is 4.84. The number of rotatable bonds is 1. The van der Waals surface area contributed by atoms with E-state index in [1.165, 1.54) is 10.7 Å². The summed E-state index contributed by atoms with van der Waals surface area (Å²) in [4.78, 5) is 10.0. The van der Waals surface area contributed by atoms with Crippen molar-refractivity contribution in [3.8, 4) is 0 Å². The van der Waals surface area contributed by atoms with Gasteiger partial charge in [-0.25, -0.2) is 0 Å². The molecule has 1 aromatic heterocycles. The van der Waals surface area contributed by atoms with E-state index >= 15 is 0 Å². The van der Waals surface area contributed by atoms with Gasteiger partial charge in [0.05, 0.1) is 0 Å². The van der Waals surface area contributed by atoms with Crippen LogP contribution in [-0.4, -0.2) is 16.1 Å².